The van der Waals surface area contributed by atoms with Crippen LogP contribution >= 0.6 is 11.6 Å². The van der Waals surface area contributed by atoms with Crippen LogP contribution in [0.4, 0.5) is 5.82 Å². The van der Waals surface area contributed by atoms with E-state index in [-0.39, 0.29) is 0 Å². The summed E-state index contributed by atoms with van der Waals surface area (Å²) in [7, 11) is 3.92. The number of fused-ring (bicyclic) bond motifs is 1. The highest BCUT2D eigenvalue weighted by Crippen LogP contribution is 2.30. The molecule has 37 heavy (non-hydrogen) atoms. The number of unbranched alkanes of at least 4 members (excludes halogenated alkanes) is 1. The number of piperazine rings is 1. The highest BCUT2D eigenvalue weighted by atomic mass is 35.5. The first-order valence-corrected chi connectivity index (χ1v) is 13.1. The number of aromatic nitrogens is 2. The zero-order chi connectivity index (χ0) is 26.9. The molecule has 7 heteroatoms. The second-order valence-electron chi connectivity index (χ2n) is 9.38. The molecule has 4 rings (SSSR count). The monoisotopic (exact) mass is 518 g/mol. The third-order valence-electron chi connectivity index (χ3n) is 6.53. The maximum Gasteiger partial charge on any atom is 0.149 e. The van der Waals surface area contributed by atoms with Crippen molar-refractivity contribution >= 4 is 40.5 Å². The Kier molecular flexibility index (Phi) is 10.3. The normalized spacial score (nSPS) is 13.6. The Hall–Kier alpha value is -3.19. The Morgan fingerprint density at radius 2 is 1.86 bits per heavy atom. The van der Waals surface area contributed by atoms with Gasteiger partial charge in [0.1, 0.15) is 5.82 Å². The fourth-order valence-electron chi connectivity index (χ4n) is 4.20. The number of rotatable bonds is 8. The summed E-state index contributed by atoms with van der Waals surface area (Å²) in [6, 6.07) is 9.66. The largest absolute Gasteiger partial charge is 0.373 e. The zero-order valence-corrected chi connectivity index (χ0v) is 23.1. The molecule has 0 radical (unpaired) electrons. The second-order valence-corrected chi connectivity index (χ2v) is 9.79. The van der Waals surface area contributed by atoms with E-state index in [9.17, 15) is 0 Å². The lowest BCUT2D eigenvalue weighted by atomic mass is 10.1. The maximum absolute atomic E-state index is 6.43. The predicted octanol–water partition coefficient (Wildman–Crippen LogP) is 6.48. The van der Waals surface area contributed by atoms with Crippen molar-refractivity contribution in [1.29, 1.82) is 0 Å². The van der Waals surface area contributed by atoms with Crippen molar-refractivity contribution in [1.82, 2.24) is 19.8 Å². The Morgan fingerprint density at radius 1 is 1.14 bits per heavy atom. The zero-order valence-electron chi connectivity index (χ0n) is 22.4. The minimum Gasteiger partial charge on any atom is -0.373 e. The van der Waals surface area contributed by atoms with E-state index in [4.69, 9.17) is 22.4 Å². The quantitative estimate of drug-likeness (QED) is 0.272. The van der Waals surface area contributed by atoms with Crippen molar-refractivity contribution in [3.8, 4) is 11.3 Å². The van der Waals surface area contributed by atoms with E-state index in [1.807, 2.05) is 30.3 Å². The summed E-state index contributed by atoms with van der Waals surface area (Å²) in [5.74, 6) is 6.43. The molecule has 0 amide bonds. The van der Waals surface area contributed by atoms with Gasteiger partial charge in [0.25, 0.3) is 0 Å². The average Bonchev–Trinajstić information content (AvgIpc) is 2.91. The first-order valence-electron chi connectivity index (χ1n) is 12.7. The molecule has 0 aliphatic carbocycles. The van der Waals surface area contributed by atoms with E-state index >= 15 is 0 Å². The Morgan fingerprint density at radius 3 is 2.49 bits per heavy atom. The standard InChI is InChI=1S/C19H17ClN4.C11H22N2/c1-4-12-6-7-15-16(20)10-17(23-18(15)8-12)14-9-13(5-2)19(22-11-14)24(3)21;1-4-5-6-11(2)13-9-7-12(3)8-10-13/h4-11H,1-2,21H2,3H3;2,4-10H2,1,3H3. The molecule has 1 fully saturated rings. The first-order chi connectivity index (χ1) is 17.8. The van der Waals surface area contributed by atoms with E-state index in [0.717, 1.165) is 33.3 Å². The molecular formula is C30H39ClN6. The van der Waals surface area contributed by atoms with Gasteiger partial charge >= 0.3 is 0 Å². The summed E-state index contributed by atoms with van der Waals surface area (Å²) in [5, 5.41) is 3.00. The molecule has 196 valence electrons. The van der Waals surface area contributed by atoms with Crippen LogP contribution in [0, 0.1) is 0 Å². The van der Waals surface area contributed by atoms with Gasteiger partial charge in [-0.2, -0.15) is 0 Å². The topological polar surface area (TPSA) is 61.5 Å². The highest BCUT2D eigenvalue weighted by Gasteiger charge is 2.14. The van der Waals surface area contributed by atoms with Gasteiger partial charge in [0, 0.05) is 61.6 Å². The molecule has 2 N–H and O–H groups in total. The summed E-state index contributed by atoms with van der Waals surface area (Å²) in [6.07, 6.45) is 8.96. The van der Waals surface area contributed by atoms with E-state index in [2.05, 4.69) is 48.5 Å². The summed E-state index contributed by atoms with van der Waals surface area (Å²) in [5.41, 5.74) is 5.58. The number of hydrazine groups is 1. The van der Waals surface area contributed by atoms with Crippen molar-refractivity contribution in [2.45, 2.75) is 26.2 Å². The fraction of sp³-hybridized carbons (Fsp3) is 0.333. The molecule has 2 aromatic heterocycles. The van der Waals surface area contributed by atoms with Crippen molar-refractivity contribution in [2.24, 2.45) is 5.84 Å². The van der Waals surface area contributed by atoms with Gasteiger partial charge in [0.15, 0.2) is 0 Å². The lowest BCUT2D eigenvalue weighted by Gasteiger charge is -2.35. The molecule has 3 heterocycles. The minimum absolute atomic E-state index is 0.644. The van der Waals surface area contributed by atoms with E-state index in [0.29, 0.717) is 10.8 Å². The molecular weight excluding hydrogens is 480 g/mol. The van der Waals surface area contributed by atoms with E-state index in [1.54, 1.807) is 25.4 Å². The van der Waals surface area contributed by atoms with Crippen LogP contribution < -0.4 is 10.9 Å². The number of allylic oxidation sites excluding steroid dienone is 1. The van der Waals surface area contributed by atoms with Crippen LogP contribution in [-0.4, -0.2) is 60.0 Å². The van der Waals surface area contributed by atoms with Crippen LogP contribution in [0.2, 0.25) is 5.02 Å². The number of anilines is 1. The molecule has 6 nitrogen and oxygen atoms in total. The Balaban J connectivity index is 0.000000248. The van der Waals surface area contributed by atoms with Gasteiger partial charge in [-0.1, -0.05) is 69.0 Å². The van der Waals surface area contributed by atoms with Crippen molar-refractivity contribution in [3.05, 3.63) is 78.1 Å². The number of likely N-dealkylation sites (N-methyl/N-ethyl adjacent to an activating group) is 1. The lowest BCUT2D eigenvalue weighted by molar-refractivity contribution is 0.182. The molecule has 1 saturated heterocycles. The van der Waals surface area contributed by atoms with Crippen molar-refractivity contribution in [3.63, 3.8) is 0 Å². The molecule has 0 unspecified atom stereocenters. The minimum atomic E-state index is 0.644. The molecule has 0 atom stereocenters. The van der Waals surface area contributed by atoms with Crippen LogP contribution in [0.3, 0.4) is 0 Å². The lowest BCUT2D eigenvalue weighted by Crippen LogP contribution is -2.43. The van der Waals surface area contributed by atoms with Crippen LogP contribution in [0.15, 0.2) is 62.0 Å². The molecule has 0 bridgehead atoms. The molecule has 1 aliphatic rings. The van der Waals surface area contributed by atoms with Gasteiger partial charge in [-0.3, -0.25) is 5.01 Å². The number of nitrogens with two attached hydrogens (primary N) is 1. The van der Waals surface area contributed by atoms with Crippen LogP contribution in [0.1, 0.15) is 37.3 Å². The van der Waals surface area contributed by atoms with E-state index < -0.39 is 0 Å². The molecule has 1 aliphatic heterocycles. The number of halogens is 1. The van der Waals surface area contributed by atoms with Gasteiger partial charge in [-0.25, -0.2) is 15.8 Å². The maximum atomic E-state index is 6.43. The third kappa shape index (κ3) is 7.41. The smallest absolute Gasteiger partial charge is 0.149 e. The molecule has 1 aromatic carbocycles. The summed E-state index contributed by atoms with van der Waals surface area (Å²) in [4.78, 5) is 13.9. The van der Waals surface area contributed by atoms with Crippen molar-refractivity contribution < 1.29 is 0 Å². The first kappa shape index (κ1) is 28.4. The average molecular weight is 519 g/mol. The summed E-state index contributed by atoms with van der Waals surface area (Å²) >= 11 is 6.43. The van der Waals surface area contributed by atoms with Crippen molar-refractivity contribution in [2.75, 3.05) is 45.3 Å². The van der Waals surface area contributed by atoms with Gasteiger partial charge in [0.2, 0.25) is 0 Å². The molecule has 0 spiro atoms. The van der Waals surface area contributed by atoms with Crippen LogP contribution in [-0.2, 0) is 0 Å². The number of nitrogens with zero attached hydrogens (tertiary/aromatic N) is 5. The molecule has 0 saturated carbocycles. The van der Waals surface area contributed by atoms with Crippen LogP contribution in [0.25, 0.3) is 34.3 Å². The molecule has 3 aromatic rings. The van der Waals surface area contributed by atoms with Gasteiger partial charge in [-0.15, -0.1) is 0 Å². The second kappa shape index (κ2) is 13.4. The summed E-state index contributed by atoms with van der Waals surface area (Å²) in [6.45, 7) is 18.7. The summed E-state index contributed by atoms with van der Waals surface area (Å²) < 4.78 is 0. The number of pyridine rings is 2. The number of hydrogen-bond acceptors (Lipinski definition) is 6. The van der Waals surface area contributed by atoms with Crippen LogP contribution in [0.5, 0.6) is 0 Å². The van der Waals surface area contributed by atoms with Gasteiger partial charge < -0.3 is 9.80 Å². The van der Waals surface area contributed by atoms with E-state index in [1.165, 1.54) is 56.1 Å². The number of hydrogen-bond donors (Lipinski definition) is 1. The number of benzene rings is 1. The Labute approximate surface area is 226 Å². The van der Waals surface area contributed by atoms with Gasteiger partial charge in [-0.05, 0) is 43.7 Å². The highest BCUT2D eigenvalue weighted by molar-refractivity contribution is 6.35. The predicted molar refractivity (Wildman–Crippen MR) is 160 cm³/mol. The van der Waals surface area contributed by atoms with Gasteiger partial charge in [0.05, 0.1) is 16.2 Å². The Bertz CT molecular complexity index is 1240. The fourth-order valence-corrected chi connectivity index (χ4v) is 4.46. The third-order valence-corrected chi connectivity index (χ3v) is 6.85. The SMILES string of the molecule is C=C(CCCC)N1CCN(C)CC1.C=Cc1ccc2c(Cl)cc(-c3cnc(N(C)N)c(C=C)c3)nc2c1.